The van der Waals surface area contributed by atoms with Gasteiger partial charge in [-0.05, 0) is 25.0 Å². The first kappa shape index (κ1) is 13.5. The molecule has 1 aromatic carbocycles. The number of piperidine rings is 1. The van der Waals surface area contributed by atoms with Crippen LogP contribution >= 0.6 is 0 Å². The molecule has 1 aliphatic heterocycles. The zero-order valence-electron chi connectivity index (χ0n) is 10.4. The molecule has 1 amide bonds. The van der Waals surface area contributed by atoms with Crippen molar-refractivity contribution in [1.82, 2.24) is 0 Å². The lowest BCUT2D eigenvalue weighted by molar-refractivity contribution is -0.144. The molecule has 6 heteroatoms. The van der Waals surface area contributed by atoms with E-state index in [0.29, 0.717) is 12.8 Å². The largest absolute Gasteiger partial charge is 0.467 e. The minimum Gasteiger partial charge on any atom is -0.467 e. The van der Waals surface area contributed by atoms with Crippen LogP contribution in [-0.2, 0) is 14.3 Å². The second kappa shape index (κ2) is 5.34. The van der Waals surface area contributed by atoms with Crippen molar-refractivity contribution in [2.24, 2.45) is 0 Å². The van der Waals surface area contributed by atoms with Gasteiger partial charge in [-0.2, -0.15) is 0 Å². The summed E-state index contributed by atoms with van der Waals surface area (Å²) in [6.45, 7) is 0. The molecule has 0 aromatic heterocycles. The Morgan fingerprint density at radius 1 is 1.37 bits per heavy atom. The third-order valence-corrected chi connectivity index (χ3v) is 3.10. The van der Waals surface area contributed by atoms with Gasteiger partial charge in [-0.25, -0.2) is 13.6 Å². The molecule has 1 unspecified atom stereocenters. The summed E-state index contributed by atoms with van der Waals surface area (Å²) in [5.74, 6) is -2.91. The zero-order valence-corrected chi connectivity index (χ0v) is 10.4. The van der Waals surface area contributed by atoms with Gasteiger partial charge in [-0.1, -0.05) is 0 Å². The van der Waals surface area contributed by atoms with E-state index in [-0.39, 0.29) is 18.0 Å². The molecule has 0 saturated carbocycles. The number of hydrogen-bond acceptors (Lipinski definition) is 3. The summed E-state index contributed by atoms with van der Waals surface area (Å²) in [5.41, 5.74) is 0.166. The molecule has 1 fully saturated rings. The van der Waals surface area contributed by atoms with Crippen LogP contribution in [0.15, 0.2) is 18.2 Å². The first-order valence-electron chi connectivity index (χ1n) is 5.89. The van der Waals surface area contributed by atoms with E-state index < -0.39 is 23.6 Å². The van der Waals surface area contributed by atoms with E-state index in [1.54, 1.807) is 0 Å². The van der Waals surface area contributed by atoms with Crippen molar-refractivity contribution in [1.29, 1.82) is 0 Å². The number of halogens is 2. The summed E-state index contributed by atoms with van der Waals surface area (Å²) in [4.78, 5) is 24.8. The molecule has 0 radical (unpaired) electrons. The third-order valence-electron chi connectivity index (χ3n) is 3.10. The van der Waals surface area contributed by atoms with Crippen molar-refractivity contribution in [2.75, 3.05) is 12.0 Å². The first-order valence-corrected chi connectivity index (χ1v) is 5.89. The molecular weight excluding hydrogens is 256 g/mol. The van der Waals surface area contributed by atoms with Crippen LogP contribution in [0.25, 0.3) is 0 Å². The van der Waals surface area contributed by atoms with Crippen LogP contribution in [0.3, 0.4) is 0 Å². The topological polar surface area (TPSA) is 46.6 Å². The monoisotopic (exact) mass is 269 g/mol. The van der Waals surface area contributed by atoms with Crippen LogP contribution in [0.5, 0.6) is 0 Å². The zero-order chi connectivity index (χ0) is 14.0. The molecule has 1 heterocycles. The van der Waals surface area contributed by atoms with Crippen molar-refractivity contribution in [3.63, 3.8) is 0 Å². The fraction of sp³-hybridized carbons (Fsp3) is 0.385. The van der Waals surface area contributed by atoms with Crippen molar-refractivity contribution in [3.8, 4) is 0 Å². The Labute approximate surface area is 109 Å². The van der Waals surface area contributed by atoms with E-state index in [0.717, 1.165) is 12.1 Å². The smallest absolute Gasteiger partial charge is 0.328 e. The summed E-state index contributed by atoms with van der Waals surface area (Å²) in [6.07, 6.45) is 1.28. The van der Waals surface area contributed by atoms with Crippen LogP contribution in [0.2, 0.25) is 0 Å². The number of methoxy groups -OCH3 is 1. The Balaban J connectivity index is 2.38. The molecule has 0 N–H and O–H groups in total. The van der Waals surface area contributed by atoms with Gasteiger partial charge >= 0.3 is 5.97 Å². The van der Waals surface area contributed by atoms with Gasteiger partial charge in [0.25, 0.3) is 0 Å². The summed E-state index contributed by atoms with van der Waals surface area (Å²) < 4.78 is 30.8. The predicted octanol–water partition coefficient (Wildman–Crippen LogP) is 2.02. The second-order valence-corrected chi connectivity index (χ2v) is 4.29. The Morgan fingerprint density at radius 3 is 2.74 bits per heavy atom. The van der Waals surface area contributed by atoms with Crippen molar-refractivity contribution < 1.29 is 23.1 Å². The van der Waals surface area contributed by atoms with Crippen LogP contribution in [0.4, 0.5) is 14.5 Å². The van der Waals surface area contributed by atoms with E-state index in [2.05, 4.69) is 4.74 Å². The van der Waals surface area contributed by atoms with E-state index in [1.807, 2.05) is 0 Å². The van der Waals surface area contributed by atoms with Gasteiger partial charge in [0, 0.05) is 18.2 Å². The molecule has 1 saturated heterocycles. The minimum absolute atomic E-state index is 0.166. The summed E-state index contributed by atoms with van der Waals surface area (Å²) in [7, 11) is 1.23. The minimum atomic E-state index is -1.06. The molecule has 1 aliphatic rings. The van der Waals surface area contributed by atoms with E-state index >= 15 is 0 Å². The van der Waals surface area contributed by atoms with Crippen LogP contribution in [-0.4, -0.2) is 25.0 Å². The second-order valence-electron chi connectivity index (χ2n) is 4.29. The number of amides is 1. The van der Waals surface area contributed by atoms with Crippen molar-refractivity contribution in [3.05, 3.63) is 29.8 Å². The fourth-order valence-corrected chi connectivity index (χ4v) is 2.19. The maximum atomic E-state index is 13.2. The Bertz CT molecular complexity index is 519. The Kier molecular flexibility index (Phi) is 3.78. The quantitative estimate of drug-likeness (QED) is 0.772. The molecule has 4 nitrogen and oxygen atoms in total. The van der Waals surface area contributed by atoms with Crippen LogP contribution < -0.4 is 4.90 Å². The fourth-order valence-electron chi connectivity index (χ4n) is 2.19. The lowest BCUT2D eigenvalue weighted by Gasteiger charge is -2.33. The van der Waals surface area contributed by atoms with Gasteiger partial charge in [0.2, 0.25) is 5.91 Å². The van der Waals surface area contributed by atoms with Crippen LogP contribution in [0, 0.1) is 11.6 Å². The van der Waals surface area contributed by atoms with Crippen molar-refractivity contribution in [2.45, 2.75) is 25.3 Å². The highest BCUT2D eigenvalue weighted by atomic mass is 19.2. The van der Waals surface area contributed by atoms with Gasteiger partial charge in [0.1, 0.15) is 6.04 Å². The number of benzene rings is 1. The summed E-state index contributed by atoms with van der Waals surface area (Å²) in [6, 6.07) is 2.34. The average molecular weight is 269 g/mol. The number of esters is 1. The highest BCUT2D eigenvalue weighted by Gasteiger charge is 2.35. The summed E-state index contributed by atoms with van der Waals surface area (Å²) in [5, 5.41) is 0. The van der Waals surface area contributed by atoms with Gasteiger partial charge in [-0.3, -0.25) is 9.69 Å². The van der Waals surface area contributed by atoms with Gasteiger partial charge < -0.3 is 4.74 Å². The maximum absolute atomic E-state index is 13.2. The molecule has 102 valence electrons. The Morgan fingerprint density at radius 2 is 2.11 bits per heavy atom. The molecule has 0 bridgehead atoms. The van der Waals surface area contributed by atoms with Gasteiger partial charge in [-0.15, -0.1) is 0 Å². The molecule has 1 atom stereocenters. The molecule has 0 aliphatic carbocycles. The number of hydrogen-bond donors (Lipinski definition) is 0. The highest BCUT2D eigenvalue weighted by molar-refractivity contribution is 6.00. The molecular formula is C13H13F2NO3. The molecule has 1 aromatic rings. The molecule has 2 rings (SSSR count). The Hall–Kier alpha value is -1.98. The highest BCUT2D eigenvalue weighted by Crippen LogP contribution is 2.27. The average Bonchev–Trinajstić information content (AvgIpc) is 2.41. The molecule has 0 spiro atoms. The number of rotatable bonds is 2. The van der Waals surface area contributed by atoms with E-state index in [4.69, 9.17) is 0 Å². The SMILES string of the molecule is COC(=O)C1CCCC(=O)N1c1ccc(F)c(F)c1. The lowest BCUT2D eigenvalue weighted by Crippen LogP contribution is -2.48. The van der Waals surface area contributed by atoms with E-state index in [1.165, 1.54) is 18.1 Å². The normalized spacial score (nSPS) is 19.4. The standard InChI is InChI=1S/C13H13F2NO3/c1-19-13(18)11-3-2-4-12(17)16(11)8-5-6-9(14)10(15)7-8/h5-7,11H,2-4H2,1H3. The summed E-state index contributed by atoms with van der Waals surface area (Å²) >= 11 is 0. The number of anilines is 1. The number of carbonyl (C=O) groups is 2. The van der Waals surface area contributed by atoms with Crippen LogP contribution in [0.1, 0.15) is 19.3 Å². The lowest BCUT2D eigenvalue weighted by atomic mass is 10.0. The van der Waals surface area contributed by atoms with Gasteiger partial charge in [0.15, 0.2) is 11.6 Å². The number of carbonyl (C=O) groups excluding carboxylic acids is 2. The molecule has 19 heavy (non-hydrogen) atoms. The number of ether oxygens (including phenoxy) is 1. The van der Waals surface area contributed by atoms with Gasteiger partial charge in [0.05, 0.1) is 7.11 Å². The predicted molar refractivity (Wildman–Crippen MR) is 63.5 cm³/mol. The number of nitrogens with zero attached hydrogens (tertiary/aromatic N) is 1. The maximum Gasteiger partial charge on any atom is 0.328 e. The van der Waals surface area contributed by atoms with E-state index in [9.17, 15) is 18.4 Å². The van der Waals surface area contributed by atoms with Crippen molar-refractivity contribution >= 4 is 17.6 Å². The third kappa shape index (κ3) is 2.57. The first-order chi connectivity index (χ1) is 9.04.